The largest absolute Gasteiger partial charge is 0.396 e. The van der Waals surface area contributed by atoms with Gasteiger partial charge in [0.25, 0.3) is 0 Å². The minimum Gasteiger partial charge on any atom is -0.396 e. The minimum atomic E-state index is 0.0699. The monoisotopic (exact) mass is 242 g/mol. The van der Waals surface area contributed by atoms with E-state index in [2.05, 4.69) is 24.5 Å². The number of aliphatic hydroxyl groups excluding tert-OH is 1. The normalized spacial score (nSPS) is 21.2. The maximum absolute atomic E-state index is 11.9. The van der Waals surface area contributed by atoms with Gasteiger partial charge < -0.3 is 15.7 Å². The standard InChI is InChI=1S/C13H26N2O2/c1-13(2,6-4-8-16)10-15-12(17)11-5-3-7-14-9-11/h11,14,16H,3-10H2,1-2H3,(H,15,17)/t11-/m1/s1. The van der Waals surface area contributed by atoms with Gasteiger partial charge in [0, 0.05) is 19.7 Å². The van der Waals surface area contributed by atoms with Crippen LogP contribution in [0.1, 0.15) is 39.5 Å². The third-order valence-corrected chi connectivity index (χ3v) is 3.42. The number of aliphatic hydroxyl groups is 1. The van der Waals surface area contributed by atoms with Crippen LogP contribution in [0.4, 0.5) is 0 Å². The van der Waals surface area contributed by atoms with Gasteiger partial charge in [0.1, 0.15) is 0 Å². The molecule has 4 heteroatoms. The third kappa shape index (κ3) is 5.50. The first kappa shape index (κ1) is 14.5. The van der Waals surface area contributed by atoms with Crippen LogP contribution in [-0.2, 0) is 4.79 Å². The smallest absolute Gasteiger partial charge is 0.224 e. The van der Waals surface area contributed by atoms with Gasteiger partial charge in [0.15, 0.2) is 0 Å². The van der Waals surface area contributed by atoms with Crippen LogP contribution in [0.3, 0.4) is 0 Å². The molecule has 3 N–H and O–H groups in total. The molecule has 0 spiro atoms. The summed E-state index contributed by atoms with van der Waals surface area (Å²) in [6.07, 6.45) is 3.82. The highest BCUT2D eigenvalue weighted by Crippen LogP contribution is 2.21. The summed E-state index contributed by atoms with van der Waals surface area (Å²) in [4.78, 5) is 11.9. The first-order valence-electron chi connectivity index (χ1n) is 6.64. The van der Waals surface area contributed by atoms with E-state index in [-0.39, 0.29) is 23.8 Å². The molecule has 0 unspecified atom stereocenters. The Labute approximate surface area is 104 Å². The summed E-state index contributed by atoms with van der Waals surface area (Å²) in [5.41, 5.74) is 0.0699. The summed E-state index contributed by atoms with van der Waals surface area (Å²) < 4.78 is 0. The molecule has 0 saturated carbocycles. The molecule has 1 saturated heterocycles. The van der Waals surface area contributed by atoms with Gasteiger partial charge >= 0.3 is 0 Å². The van der Waals surface area contributed by atoms with Gasteiger partial charge in [-0.15, -0.1) is 0 Å². The van der Waals surface area contributed by atoms with Crippen molar-refractivity contribution in [1.82, 2.24) is 10.6 Å². The van der Waals surface area contributed by atoms with Crippen molar-refractivity contribution >= 4 is 5.91 Å². The number of nitrogens with one attached hydrogen (secondary N) is 2. The van der Waals surface area contributed by atoms with Gasteiger partial charge in [-0.1, -0.05) is 13.8 Å². The maximum atomic E-state index is 11.9. The molecule has 0 aromatic carbocycles. The molecule has 100 valence electrons. The second-order valence-corrected chi connectivity index (χ2v) is 5.75. The Morgan fingerprint density at radius 1 is 1.53 bits per heavy atom. The Morgan fingerprint density at radius 2 is 2.29 bits per heavy atom. The molecular weight excluding hydrogens is 216 g/mol. The first-order valence-corrected chi connectivity index (χ1v) is 6.64. The van der Waals surface area contributed by atoms with Gasteiger partial charge in [-0.05, 0) is 37.6 Å². The van der Waals surface area contributed by atoms with Crippen LogP contribution in [0.5, 0.6) is 0 Å². The van der Waals surface area contributed by atoms with E-state index in [1.807, 2.05) is 0 Å². The number of carbonyl (C=O) groups excluding carboxylic acids is 1. The number of hydrogen-bond donors (Lipinski definition) is 3. The Morgan fingerprint density at radius 3 is 2.88 bits per heavy atom. The summed E-state index contributed by atoms with van der Waals surface area (Å²) in [5.74, 6) is 0.312. The second kappa shape index (κ2) is 6.97. The average molecular weight is 242 g/mol. The van der Waals surface area contributed by atoms with Crippen molar-refractivity contribution in [1.29, 1.82) is 0 Å². The van der Waals surface area contributed by atoms with Gasteiger partial charge in [0.05, 0.1) is 5.92 Å². The fraction of sp³-hybridized carbons (Fsp3) is 0.923. The van der Waals surface area contributed by atoms with E-state index in [4.69, 9.17) is 5.11 Å². The molecule has 1 amide bonds. The zero-order chi connectivity index (χ0) is 12.7. The van der Waals surface area contributed by atoms with Crippen molar-refractivity contribution in [3.63, 3.8) is 0 Å². The van der Waals surface area contributed by atoms with Crippen LogP contribution in [-0.4, -0.2) is 37.3 Å². The van der Waals surface area contributed by atoms with Crippen molar-refractivity contribution in [3.8, 4) is 0 Å². The van der Waals surface area contributed by atoms with Gasteiger partial charge in [-0.25, -0.2) is 0 Å². The van der Waals surface area contributed by atoms with E-state index < -0.39 is 0 Å². The zero-order valence-electron chi connectivity index (χ0n) is 11.1. The van der Waals surface area contributed by atoms with Crippen LogP contribution in [0.2, 0.25) is 0 Å². The fourth-order valence-corrected chi connectivity index (χ4v) is 2.19. The van der Waals surface area contributed by atoms with E-state index >= 15 is 0 Å². The van der Waals surface area contributed by atoms with Crippen LogP contribution in [0.15, 0.2) is 0 Å². The minimum absolute atomic E-state index is 0.0699. The molecule has 0 aromatic rings. The van der Waals surface area contributed by atoms with E-state index in [0.717, 1.165) is 38.8 Å². The lowest BCUT2D eigenvalue weighted by Gasteiger charge is -2.27. The first-order chi connectivity index (χ1) is 8.05. The Hall–Kier alpha value is -0.610. The molecule has 1 atom stereocenters. The van der Waals surface area contributed by atoms with Gasteiger partial charge in [0.2, 0.25) is 5.91 Å². The SMILES string of the molecule is CC(C)(CCCO)CNC(=O)[C@@H]1CCCNC1. The topological polar surface area (TPSA) is 61.4 Å². The quantitative estimate of drug-likeness (QED) is 0.648. The van der Waals surface area contributed by atoms with Crippen molar-refractivity contribution in [2.24, 2.45) is 11.3 Å². The molecule has 1 heterocycles. The highest BCUT2D eigenvalue weighted by Gasteiger charge is 2.23. The average Bonchev–Trinajstić information content (AvgIpc) is 2.35. The summed E-state index contributed by atoms with van der Waals surface area (Å²) in [7, 11) is 0. The van der Waals surface area contributed by atoms with Crippen molar-refractivity contribution in [2.45, 2.75) is 39.5 Å². The molecule has 0 aromatic heterocycles. The number of carbonyl (C=O) groups is 1. The highest BCUT2D eigenvalue weighted by molar-refractivity contribution is 5.79. The molecule has 1 fully saturated rings. The number of hydrogen-bond acceptors (Lipinski definition) is 3. The second-order valence-electron chi connectivity index (χ2n) is 5.75. The number of amides is 1. The molecule has 0 bridgehead atoms. The fourth-order valence-electron chi connectivity index (χ4n) is 2.19. The van der Waals surface area contributed by atoms with E-state index in [1.54, 1.807) is 0 Å². The van der Waals surface area contributed by atoms with Gasteiger partial charge in [-0.2, -0.15) is 0 Å². The molecule has 4 nitrogen and oxygen atoms in total. The van der Waals surface area contributed by atoms with E-state index in [1.165, 1.54) is 0 Å². The predicted octanol–water partition coefficient (Wildman–Crippen LogP) is 0.901. The summed E-state index contributed by atoms with van der Waals surface area (Å²) in [6.45, 7) is 7.02. The summed E-state index contributed by atoms with van der Waals surface area (Å²) in [5, 5.41) is 15.1. The highest BCUT2D eigenvalue weighted by atomic mass is 16.2. The number of piperidine rings is 1. The molecule has 17 heavy (non-hydrogen) atoms. The summed E-state index contributed by atoms with van der Waals surface area (Å²) >= 11 is 0. The Kier molecular flexibility index (Phi) is 5.92. The number of rotatable bonds is 6. The molecule has 1 aliphatic heterocycles. The summed E-state index contributed by atoms with van der Waals surface area (Å²) in [6, 6.07) is 0. The van der Waals surface area contributed by atoms with E-state index in [9.17, 15) is 4.79 Å². The van der Waals surface area contributed by atoms with Crippen LogP contribution < -0.4 is 10.6 Å². The molecule has 1 aliphatic rings. The maximum Gasteiger partial charge on any atom is 0.224 e. The predicted molar refractivity (Wildman–Crippen MR) is 68.7 cm³/mol. The Bertz CT molecular complexity index is 236. The third-order valence-electron chi connectivity index (χ3n) is 3.42. The molecule has 0 aliphatic carbocycles. The van der Waals surface area contributed by atoms with Gasteiger partial charge in [-0.3, -0.25) is 4.79 Å². The van der Waals surface area contributed by atoms with Crippen LogP contribution >= 0.6 is 0 Å². The Balaban J connectivity index is 2.26. The van der Waals surface area contributed by atoms with Crippen molar-refractivity contribution < 1.29 is 9.90 Å². The van der Waals surface area contributed by atoms with Crippen molar-refractivity contribution in [2.75, 3.05) is 26.2 Å². The van der Waals surface area contributed by atoms with Crippen LogP contribution in [0, 0.1) is 11.3 Å². The lowest BCUT2D eigenvalue weighted by Crippen LogP contribution is -2.43. The van der Waals surface area contributed by atoms with Crippen molar-refractivity contribution in [3.05, 3.63) is 0 Å². The van der Waals surface area contributed by atoms with E-state index in [0.29, 0.717) is 6.54 Å². The lowest BCUT2D eigenvalue weighted by molar-refractivity contribution is -0.125. The zero-order valence-corrected chi connectivity index (χ0v) is 11.1. The molecular formula is C13H26N2O2. The lowest BCUT2D eigenvalue weighted by atomic mass is 9.87. The van der Waals surface area contributed by atoms with Crippen LogP contribution in [0.25, 0.3) is 0 Å². The molecule has 1 rings (SSSR count). The molecule has 0 radical (unpaired) electrons.